The number of nitrogens with zero attached hydrogens (tertiary/aromatic N) is 3. The molecule has 2 N–H and O–H groups in total. The summed E-state index contributed by atoms with van der Waals surface area (Å²) in [5.41, 5.74) is -2.10. The van der Waals surface area contributed by atoms with Crippen molar-refractivity contribution in [1.29, 1.82) is 0 Å². The first kappa shape index (κ1) is 26.4. The fourth-order valence-corrected chi connectivity index (χ4v) is 4.31. The molecular formula is C21H24F3N5O8. The van der Waals surface area contributed by atoms with Gasteiger partial charge in [0.25, 0.3) is 5.56 Å². The number of carbonyl (C=O) groups excluding carboxylic acids is 3. The Labute approximate surface area is 205 Å². The van der Waals surface area contributed by atoms with Gasteiger partial charge in [0.15, 0.2) is 17.4 Å². The third kappa shape index (κ3) is 5.52. The molecule has 2 fully saturated rings. The molecule has 2 aromatic heterocycles. The van der Waals surface area contributed by atoms with Crippen LogP contribution in [-0.4, -0.2) is 61.4 Å². The van der Waals surface area contributed by atoms with Crippen LogP contribution in [0.15, 0.2) is 9.59 Å². The molecule has 16 heteroatoms. The number of fused-ring (bicyclic) bond motifs is 1. The molecule has 2 aliphatic rings. The van der Waals surface area contributed by atoms with E-state index in [9.17, 15) is 37.1 Å². The van der Waals surface area contributed by atoms with Gasteiger partial charge in [-0.25, -0.2) is 9.36 Å². The zero-order chi connectivity index (χ0) is 27.2. The Bertz CT molecular complexity index is 1360. The smallest absolute Gasteiger partial charge is 0.428 e. The maximum atomic E-state index is 13.7. The molecule has 1 saturated carbocycles. The predicted molar refractivity (Wildman–Crippen MR) is 117 cm³/mol. The molecule has 1 aliphatic carbocycles. The first-order valence-corrected chi connectivity index (χ1v) is 11.4. The van der Waals surface area contributed by atoms with Crippen molar-refractivity contribution in [2.45, 2.75) is 77.3 Å². The van der Waals surface area contributed by atoms with Crippen molar-refractivity contribution in [3.63, 3.8) is 0 Å². The third-order valence-corrected chi connectivity index (χ3v) is 5.87. The number of halogens is 3. The van der Waals surface area contributed by atoms with Crippen LogP contribution in [0.4, 0.5) is 19.1 Å². The molecule has 3 heterocycles. The summed E-state index contributed by atoms with van der Waals surface area (Å²) in [7, 11) is 0. The average molecular weight is 531 g/mol. The Morgan fingerprint density at radius 1 is 1.19 bits per heavy atom. The summed E-state index contributed by atoms with van der Waals surface area (Å²) in [5.74, 6) is -2.88. The minimum absolute atomic E-state index is 0.103. The molecule has 0 radical (unpaired) electrons. The van der Waals surface area contributed by atoms with Crippen LogP contribution in [0.1, 0.15) is 46.3 Å². The van der Waals surface area contributed by atoms with E-state index in [4.69, 9.17) is 9.47 Å². The van der Waals surface area contributed by atoms with Crippen molar-refractivity contribution in [3.8, 4) is 0 Å². The number of esters is 2. The Kier molecular flexibility index (Phi) is 6.87. The van der Waals surface area contributed by atoms with Gasteiger partial charge in [0.2, 0.25) is 18.0 Å². The van der Waals surface area contributed by atoms with Gasteiger partial charge in [-0.3, -0.25) is 34.0 Å². The molecule has 202 valence electrons. The Morgan fingerprint density at radius 2 is 1.86 bits per heavy atom. The minimum atomic E-state index is -5.04. The molecular weight excluding hydrogens is 507 g/mol. The molecule has 0 spiro atoms. The van der Waals surface area contributed by atoms with Gasteiger partial charge in [-0.2, -0.15) is 18.2 Å². The summed E-state index contributed by atoms with van der Waals surface area (Å²) < 4.78 is 58.4. The second-order valence-corrected chi connectivity index (χ2v) is 8.99. The fourth-order valence-electron chi connectivity index (χ4n) is 4.31. The monoisotopic (exact) mass is 531 g/mol. The van der Waals surface area contributed by atoms with Crippen molar-refractivity contribution in [2.24, 2.45) is 5.92 Å². The van der Waals surface area contributed by atoms with Gasteiger partial charge < -0.3 is 14.2 Å². The number of aromatic amines is 1. The zero-order valence-electron chi connectivity index (χ0n) is 20.0. The van der Waals surface area contributed by atoms with Crippen LogP contribution in [0.3, 0.4) is 0 Å². The zero-order valence-corrected chi connectivity index (χ0v) is 20.0. The fraction of sp³-hybridized carbons (Fsp3) is 0.619. The SMILES string of the molecule is CC(=O)Nc1nc2c(c(=O)[nH]1)n(CC1CC1)c(=O)n2[C@@H]1O[C@H]([C@H](OC(C)=O)C(F)(F)F)C[C@H]1OC(C)=O. The molecule has 13 nitrogen and oxygen atoms in total. The standard InChI is InChI=1S/C21H24F3N5O8/c1-8(30)25-19-26-16-14(17(33)27-19)28(7-11-4-5-11)20(34)29(16)18-13(35-9(2)31)6-12(37-18)15(21(22,23)24)36-10(3)32/h11-13,15,18H,4-7H2,1-3H3,(H2,25,26,27,30,33)/t12-,13+,15-,18+/m0/s1. The van der Waals surface area contributed by atoms with E-state index >= 15 is 0 Å². The van der Waals surface area contributed by atoms with Crippen molar-refractivity contribution in [2.75, 3.05) is 5.32 Å². The summed E-state index contributed by atoms with van der Waals surface area (Å²) in [6, 6.07) is 0. The van der Waals surface area contributed by atoms with Gasteiger partial charge >= 0.3 is 23.8 Å². The van der Waals surface area contributed by atoms with Crippen molar-refractivity contribution in [3.05, 3.63) is 20.8 Å². The predicted octanol–water partition coefficient (Wildman–Crippen LogP) is 0.968. The lowest BCUT2D eigenvalue weighted by Crippen LogP contribution is -2.43. The molecule has 4 atom stereocenters. The van der Waals surface area contributed by atoms with Gasteiger partial charge in [0, 0.05) is 33.7 Å². The highest BCUT2D eigenvalue weighted by Gasteiger charge is 2.54. The van der Waals surface area contributed by atoms with Gasteiger partial charge in [-0.15, -0.1) is 0 Å². The molecule has 37 heavy (non-hydrogen) atoms. The van der Waals surface area contributed by atoms with Crippen LogP contribution in [-0.2, 0) is 35.1 Å². The number of carbonyl (C=O) groups is 3. The van der Waals surface area contributed by atoms with E-state index in [1.165, 1.54) is 0 Å². The van der Waals surface area contributed by atoms with E-state index in [0.717, 1.165) is 42.7 Å². The molecule has 4 rings (SSSR count). The second kappa shape index (κ2) is 9.64. The van der Waals surface area contributed by atoms with Crippen molar-refractivity contribution < 1.29 is 41.8 Å². The summed E-state index contributed by atoms with van der Waals surface area (Å²) >= 11 is 0. The van der Waals surface area contributed by atoms with Gasteiger partial charge in [0.05, 0.1) is 0 Å². The highest BCUT2D eigenvalue weighted by Crippen LogP contribution is 2.39. The topological polar surface area (TPSA) is 164 Å². The summed E-state index contributed by atoms with van der Waals surface area (Å²) in [5, 5.41) is 2.29. The van der Waals surface area contributed by atoms with E-state index < -0.39 is 66.2 Å². The van der Waals surface area contributed by atoms with Crippen LogP contribution in [0.5, 0.6) is 0 Å². The number of hydrogen-bond acceptors (Lipinski definition) is 9. The van der Waals surface area contributed by atoms with Crippen LogP contribution in [0, 0.1) is 5.92 Å². The Morgan fingerprint density at radius 3 is 2.41 bits per heavy atom. The number of nitrogens with one attached hydrogen (secondary N) is 2. The van der Waals surface area contributed by atoms with E-state index in [1.807, 2.05) is 0 Å². The first-order chi connectivity index (χ1) is 17.3. The second-order valence-electron chi connectivity index (χ2n) is 8.99. The highest BCUT2D eigenvalue weighted by atomic mass is 19.4. The van der Waals surface area contributed by atoms with Gasteiger partial charge in [0.1, 0.15) is 12.2 Å². The van der Waals surface area contributed by atoms with Crippen LogP contribution < -0.4 is 16.6 Å². The van der Waals surface area contributed by atoms with E-state index in [1.54, 1.807) is 0 Å². The molecule has 1 aliphatic heterocycles. The summed E-state index contributed by atoms with van der Waals surface area (Å²) in [6.07, 6.45) is -11.6. The lowest BCUT2D eigenvalue weighted by Gasteiger charge is -2.25. The maximum Gasteiger partial charge on any atom is 0.428 e. The average Bonchev–Trinajstić information content (AvgIpc) is 3.42. The number of ether oxygens (including phenoxy) is 3. The number of amides is 1. The lowest BCUT2D eigenvalue weighted by molar-refractivity contribution is -0.248. The normalized spacial score (nSPS) is 22.6. The summed E-state index contributed by atoms with van der Waals surface area (Å²) in [6.45, 7) is 3.11. The van der Waals surface area contributed by atoms with Crippen LogP contribution in [0.2, 0.25) is 0 Å². The van der Waals surface area contributed by atoms with E-state index in [-0.39, 0.29) is 29.6 Å². The Balaban J connectivity index is 1.87. The summed E-state index contributed by atoms with van der Waals surface area (Å²) in [4.78, 5) is 67.6. The Hall–Kier alpha value is -3.69. The minimum Gasteiger partial charge on any atom is -0.458 e. The number of H-pyrrole nitrogens is 1. The maximum absolute atomic E-state index is 13.7. The lowest BCUT2D eigenvalue weighted by atomic mass is 10.1. The molecule has 2 aromatic rings. The van der Waals surface area contributed by atoms with Crippen LogP contribution in [0.25, 0.3) is 11.2 Å². The van der Waals surface area contributed by atoms with E-state index in [2.05, 4.69) is 20.0 Å². The van der Waals surface area contributed by atoms with E-state index in [0.29, 0.717) is 0 Å². The number of hydrogen-bond donors (Lipinski definition) is 2. The third-order valence-electron chi connectivity index (χ3n) is 5.87. The van der Waals surface area contributed by atoms with Crippen LogP contribution >= 0.6 is 0 Å². The first-order valence-electron chi connectivity index (χ1n) is 11.4. The van der Waals surface area contributed by atoms with Gasteiger partial charge in [-0.05, 0) is 18.8 Å². The number of imidazole rings is 1. The number of rotatable bonds is 7. The molecule has 0 bridgehead atoms. The largest absolute Gasteiger partial charge is 0.458 e. The quantitative estimate of drug-likeness (QED) is 0.496. The molecule has 1 amide bonds. The van der Waals surface area contributed by atoms with Crippen molar-refractivity contribution >= 4 is 35.0 Å². The molecule has 0 unspecified atom stereocenters. The number of alkyl halides is 3. The van der Waals surface area contributed by atoms with Crippen molar-refractivity contribution in [1.82, 2.24) is 19.1 Å². The number of anilines is 1. The molecule has 1 saturated heterocycles. The highest BCUT2D eigenvalue weighted by molar-refractivity contribution is 5.87. The van der Waals surface area contributed by atoms with Gasteiger partial charge in [-0.1, -0.05) is 0 Å². The molecule has 0 aromatic carbocycles. The number of aromatic nitrogens is 4.